The van der Waals surface area contributed by atoms with Crippen LogP contribution in [0, 0.1) is 11.6 Å². The van der Waals surface area contributed by atoms with Crippen molar-refractivity contribution in [3.05, 3.63) is 94.7 Å². The highest BCUT2D eigenvalue weighted by molar-refractivity contribution is 6.29. The van der Waals surface area contributed by atoms with Gasteiger partial charge in [-0.1, -0.05) is 17.7 Å². The van der Waals surface area contributed by atoms with Crippen molar-refractivity contribution in [2.75, 3.05) is 5.73 Å². The molecule has 0 unspecified atom stereocenters. The fourth-order valence-corrected chi connectivity index (χ4v) is 3.69. The van der Waals surface area contributed by atoms with Gasteiger partial charge in [-0.2, -0.15) is 13.2 Å². The summed E-state index contributed by atoms with van der Waals surface area (Å²) in [6.07, 6.45) is -2.43. The summed E-state index contributed by atoms with van der Waals surface area (Å²) >= 11 is 5.80. The highest BCUT2D eigenvalue weighted by Gasteiger charge is 2.33. The van der Waals surface area contributed by atoms with Crippen molar-refractivity contribution in [2.45, 2.75) is 12.6 Å². The fraction of sp³-hybridized carbons (Fsp3) is 0.0833. The third-order valence-corrected chi connectivity index (χ3v) is 5.25. The number of anilines is 1. The minimum Gasteiger partial charge on any atom is -0.397 e. The SMILES string of the molecule is Nc1ccc(-c2c(F)cccc2F)nc1C(=O)Cc1cnccc1-c1cc(Cl)nc(C(F)(F)F)c1. The molecule has 178 valence electrons. The molecule has 0 aliphatic carbocycles. The maximum atomic E-state index is 14.2. The molecular weight excluding hydrogens is 491 g/mol. The Morgan fingerprint density at radius 1 is 1.00 bits per heavy atom. The second-order valence-corrected chi connectivity index (χ2v) is 7.81. The zero-order valence-electron chi connectivity index (χ0n) is 17.6. The topological polar surface area (TPSA) is 81.8 Å². The van der Waals surface area contributed by atoms with E-state index in [2.05, 4.69) is 15.0 Å². The number of aromatic nitrogens is 3. The third-order valence-electron chi connectivity index (χ3n) is 5.06. The molecular formula is C24H14ClF5N4O. The second kappa shape index (κ2) is 9.38. The molecule has 2 N–H and O–H groups in total. The summed E-state index contributed by atoms with van der Waals surface area (Å²) in [5, 5.41) is -0.380. The van der Waals surface area contributed by atoms with Crippen LogP contribution in [0.1, 0.15) is 21.7 Å². The van der Waals surface area contributed by atoms with E-state index >= 15 is 0 Å². The summed E-state index contributed by atoms with van der Waals surface area (Å²) in [6.45, 7) is 0. The molecule has 0 spiro atoms. The van der Waals surface area contributed by atoms with E-state index in [0.29, 0.717) is 0 Å². The van der Waals surface area contributed by atoms with Crippen molar-refractivity contribution in [1.29, 1.82) is 0 Å². The van der Waals surface area contributed by atoms with Gasteiger partial charge in [-0.15, -0.1) is 0 Å². The minimum absolute atomic E-state index is 0.0350. The number of benzene rings is 1. The molecule has 0 aliphatic heterocycles. The molecule has 0 atom stereocenters. The number of nitrogens with two attached hydrogens (primary N) is 1. The summed E-state index contributed by atoms with van der Waals surface area (Å²) in [7, 11) is 0. The number of halogens is 6. The predicted octanol–water partition coefficient (Wildman–Crippen LogP) is 6.16. The smallest absolute Gasteiger partial charge is 0.397 e. The second-order valence-electron chi connectivity index (χ2n) is 7.43. The van der Waals surface area contributed by atoms with Gasteiger partial charge in [-0.05, 0) is 59.2 Å². The number of alkyl halides is 3. The van der Waals surface area contributed by atoms with Gasteiger partial charge >= 0.3 is 6.18 Å². The van der Waals surface area contributed by atoms with Gasteiger partial charge in [-0.25, -0.2) is 18.7 Å². The lowest BCUT2D eigenvalue weighted by atomic mass is 9.97. The van der Waals surface area contributed by atoms with Crippen LogP contribution in [0.25, 0.3) is 22.4 Å². The molecule has 4 rings (SSSR count). The Morgan fingerprint density at radius 3 is 2.40 bits per heavy atom. The molecule has 0 saturated carbocycles. The summed E-state index contributed by atoms with van der Waals surface area (Å²) < 4.78 is 68.0. The number of Topliss-reactive ketones (excluding diaryl/α,β-unsaturated/α-hetero) is 1. The van der Waals surface area contributed by atoms with Crippen LogP contribution < -0.4 is 5.73 Å². The average Bonchev–Trinajstić information content (AvgIpc) is 2.79. The molecule has 11 heteroatoms. The Labute approximate surface area is 200 Å². The number of nitrogen functional groups attached to an aromatic ring is 1. The van der Waals surface area contributed by atoms with Crippen LogP contribution in [0.2, 0.25) is 5.15 Å². The van der Waals surface area contributed by atoms with Crippen LogP contribution in [0.3, 0.4) is 0 Å². The lowest BCUT2D eigenvalue weighted by Crippen LogP contribution is -2.12. The maximum Gasteiger partial charge on any atom is 0.433 e. The van der Waals surface area contributed by atoms with Crippen LogP contribution in [-0.4, -0.2) is 20.7 Å². The molecule has 35 heavy (non-hydrogen) atoms. The Morgan fingerprint density at radius 2 is 1.71 bits per heavy atom. The van der Waals surface area contributed by atoms with Crippen molar-refractivity contribution in [3.63, 3.8) is 0 Å². The first-order chi connectivity index (χ1) is 16.5. The molecule has 0 fully saturated rings. The van der Waals surface area contributed by atoms with Crippen LogP contribution in [0.15, 0.2) is 60.9 Å². The summed E-state index contributed by atoms with van der Waals surface area (Å²) in [6, 6.07) is 9.33. The number of carbonyl (C=O) groups excluding carboxylic acids is 1. The number of rotatable bonds is 5. The Hall–Kier alpha value is -3.92. The summed E-state index contributed by atoms with van der Waals surface area (Å²) in [4.78, 5) is 24.4. The van der Waals surface area contributed by atoms with Gasteiger partial charge in [0.25, 0.3) is 0 Å². The normalized spacial score (nSPS) is 11.5. The Bertz CT molecular complexity index is 1420. The van der Waals surface area contributed by atoms with Crippen molar-refractivity contribution < 1.29 is 26.7 Å². The molecule has 3 aromatic heterocycles. The number of hydrogen-bond acceptors (Lipinski definition) is 5. The van der Waals surface area contributed by atoms with Gasteiger partial charge in [0.1, 0.15) is 28.2 Å². The molecule has 4 aromatic rings. The third kappa shape index (κ3) is 5.12. The molecule has 0 amide bonds. The first-order valence-corrected chi connectivity index (χ1v) is 10.3. The van der Waals surface area contributed by atoms with E-state index in [9.17, 15) is 26.7 Å². The number of hydrogen-bond donors (Lipinski definition) is 1. The largest absolute Gasteiger partial charge is 0.433 e. The number of ketones is 1. The summed E-state index contributed by atoms with van der Waals surface area (Å²) in [5.41, 5.74) is 4.46. The lowest BCUT2D eigenvalue weighted by Gasteiger charge is -2.13. The van der Waals surface area contributed by atoms with Gasteiger partial charge in [0.15, 0.2) is 5.78 Å². The van der Waals surface area contributed by atoms with E-state index in [1.807, 2.05) is 0 Å². The monoisotopic (exact) mass is 504 g/mol. The number of nitrogens with zero attached hydrogens (tertiary/aromatic N) is 3. The average molecular weight is 505 g/mol. The van der Waals surface area contributed by atoms with Gasteiger partial charge in [0.05, 0.1) is 16.9 Å². The van der Waals surface area contributed by atoms with Crippen LogP contribution >= 0.6 is 11.6 Å². The van der Waals surface area contributed by atoms with Gasteiger partial charge in [0, 0.05) is 18.8 Å². The first-order valence-electron chi connectivity index (χ1n) is 9.96. The molecule has 5 nitrogen and oxygen atoms in total. The van der Waals surface area contributed by atoms with Crippen LogP contribution in [0.5, 0.6) is 0 Å². The fourth-order valence-electron chi connectivity index (χ4n) is 3.48. The van der Waals surface area contributed by atoms with Gasteiger partial charge < -0.3 is 5.73 Å². The quantitative estimate of drug-likeness (QED) is 0.200. The molecule has 3 heterocycles. The molecule has 0 saturated heterocycles. The van der Waals surface area contributed by atoms with E-state index in [1.165, 1.54) is 42.7 Å². The van der Waals surface area contributed by atoms with Crippen molar-refractivity contribution in [3.8, 4) is 22.4 Å². The van der Waals surface area contributed by atoms with Gasteiger partial charge in [0.2, 0.25) is 0 Å². The van der Waals surface area contributed by atoms with Crippen LogP contribution in [-0.2, 0) is 12.6 Å². The van der Waals surface area contributed by atoms with E-state index < -0.39 is 34.9 Å². The minimum atomic E-state index is -4.73. The highest BCUT2D eigenvalue weighted by Crippen LogP contribution is 2.34. The van der Waals surface area contributed by atoms with E-state index in [-0.39, 0.29) is 45.3 Å². The maximum absolute atomic E-state index is 14.2. The lowest BCUT2D eigenvalue weighted by molar-refractivity contribution is -0.141. The number of pyridine rings is 3. The molecule has 0 aliphatic rings. The predicted molar refractivity (Wildman–Crippen MR) is 120 cm³/mol. The van der Waals surface area contributed by atoms with Crippen molar-refractivity contribution in [1.82, 2.24) is 15.0 Å². The van der Waals surface area contributed by atoms with Gasteiger partial charge in [-0.3, -0.25) is 9.78 Å². The van der Waals surface area contributed by atoms with E-state index in [4.69, 9.17) is 17.3 Å². The number of carbonyl (C=O) groups is 1. The van der Waals surface area contributed by atoms with E-state index in [0.717, 1.165) is 18.2 Å². The Kier molecular flexibility index (Phi) is 6.49. The zero-order valence-corrected chi connectivity index (χ0v) is 18.3. The Balaban J connectivity index is 1.73. The van der Waals surface area contributed by atoms with E-state index in [1.54, 1.807) is 0 Å². The molecule has 0 radical (unpaired) electrons. The zero-order chi connectivity index (χ0) is 25.3. The van der Waals surface area contributed by atoms with Crippen molar-refractivity contribution >= 4 is 23.1 Å². The van der Waals surface area contributed by atoms with Crippen molar-refractivity contribution in [2.24, 2.45) is 0 Å². The molecule has 1 aromatic carbocycles. The molecule has 0 bridgehead atoms. The summed E-state index contributed by atoms with van der Waals surface area (Å²) in [5.74, 6) is -2.37. The van der Waals surface area contributed by atoms with Crippen LogP contribution in [0.4, 0.5) is 27.6 Å². The highest BCUT2D eigenvalue weighted by atomic mass is 35.5. The standard InChI is InChI=1S/C24H14ClF5N4O/c25-21-10-12(9-20(34-21)24(28,29)30)14-6-7-32-11-13(14)8-19(35)23-17(31)4-5-18(33-23)22-15(26)2-1-3-16(22)27/h1-7,9-11H,8,31H2. The first kappa shape index (κ1) is 24.2.